The van der Waals surface area contributed by atoms with Crippen LogP contribution in [-0.4, -0.2) is 35.9 Å². The Balaban J connectivity index is 1.68. The van der Waals surface area contributed by atoms with Crippen molar-refractivity contribution >= 4 is 11.6 Å². The Morgan fingerprint density at radius 3 is 2.57 bits per heavy atom. The van der Waals surface area contributed by atoms with Gasteiger partial charge in [0.25, 0.3) is 0 Å². The van der Waals surface area contributed by atoms with Gasteiger partial charge in [0, 0.05) is 44.6 Å². The second-order valence-corrected chi connectivity index (χ2v) is 4.96. The fraction of sp³-hybridized carbons (Fsp3) is 0.294. The van der Waals surface area contributed by atoms with Crippen LogP contribution in [-0.2, 0) is 11.2 Å². The summed E-state index contributed by atoms with van der Waals surface area (Å²) in [6, 6.07) is 13.9. The molecule has 0 aliphatic heterocycles. The van der Waals surface area contributed by atoms with Gasteiger partial charge < -0.3 is 10.2 Å². The number of rotatable bonds is 7. The maximum atomic E-state index is 12.0. The molecule has 0 bridgehead atoms. The SMILES string of the molecule is CN(CCc1ccncc1)C(=O)CCNc1ccccc1. The van der Waals surface area contributed by atoms with Gasteiger partial charge in [-0.25, -0.2) is 0 Å². The Labute approximate surface area is 125 Å². The minimum absolute atomic E-state index is 0.160. The van der Waals surface area contributed by atoms with Crippen molar-refractivity contribution in [2.75, 3.05) is 25.5 Å². The van der Waals surface area contributed by atoms with E-state index in [4.69, 9.17) is 0 Å². The summed E-state index contributed by atoms with van der Waals surface area (Å²) in [5, 5.41) is 3.25. The molecule has 1 amide bonds. The summed E-state index contributed by atoms with van der Waals surface area (Å²) >= 11 is 0. The molecular formula is C17H21N3O. The minimum atomic E-state index is 0.160. The molecule has 4 heteroatoms. The van der Waals surface area contributed by atoms with E-state index in [1.54, 1.807) is 17.3 Å². The summed E-state index contributed by atoms with van der Waals surface area (Å²) < 4.78 is 0. The number of benzene rings is 1. The molecule has 2 aromatic rings. The number of nitrogens with zero attached hydrogens (tertiary/aromatic N) is 2. The Morgan fingerprint density at radius 1 is 1.14 bits per heavy atom. The number of hydrogen-bond acceptors (Lipinski definition) is 3. The van der Waals surface area contributed by atoms with Crippen LogP contribution < -0.4 is 5.32 Å². The largest absolute Gasteiger partial charge is 0.385 e. The number of aromatic nitrogens is 1. The van der Waals surface area contributed by atoms with Crippen molar-refractivity contribution in [3.8, 4) is 0 Å². The lowest BCUT2D eigenvalue weighted by Crippen LogP contribution is -2.30. The lowest BCUT2D eigenvalue weighted by molar-refractivity contribution is -0.129. The highest BCUT2D eigenvalue weighted by atomic mass is 16.2. The molecule has 4 nitrogen and oxygen atoms in total. The van der Waals surface area contributed by atoms with Gasteiger partial charge in [-0.1, -0.05) is 18.2 Å². The minimum Gasteiger partial charge on any atom is -0.385 e. The fourth-order valence-electron chi connectivity index (χ4n) is 2.03. The second kappa shape index (κ2) is 8.04. The number of carbonyl (C=O) groups is 1. The molecule has 110 valence electrons. The fourth-order valence-corrected chi connectivity index (χ4v) is 2.03. The zero-order chi connectivity index (χ0) is 14.9. The summed E-state index contributed by atoms with van der Waals surface area (Å²) in [7, 11) is 1.85. The number of nitrogens with one attached hydrogen (secondary N) is 1. The molecule has 0 saturated carbocycles. The normalized spacial score (nSPS) is 10.1. The maximum Gasteiger partial charge on any atom is 0.224 e. The summed E-state index contributed by atoms with van der Waals surface area (Å²) in [5.74, 6) is 0.160. The average molecular weight is 283 g/mol. The van der Waals surface area contributed by atoms with Crippen molar-refractivity contribution < 1.29 is 4.79 Å². The number of carbonyl (C=O) groups excluding carboxylic acids is 1. The molecule has 2 rings (SSSR count). The summed E-state index contributed by atoms with van der Waals surface area (Å²) in [6.07, 6.45) is 4.92. The zero-order valence-corrected chi connectivity index (χ0v) is 12.3. The first kappa shape index (κ1) is 15.0. The predicted molar refractivity (Wildman–Crippen MR) is 85.1 cm³/mol. The number of pyridine rings is 1. The molecule has 0 aliphatic carbocycles. The molecule has 0 atom stereocenters. The van der Waals surface area contributed by atoms with Crippen LogP contribution in [0.25, 0.3) is 0 Å². The van der Waals surface area contributed by atoms with Crippen LogP contribution in [0.4, 0.5) is 5.69 Å². The Hall–Kier alpha value is -2.36. The molecule has 1 aromatic heterocycles. The molecule has 0 saturated heterocycles. The lowest BCUT2D eigenvalue weighted by Gasteiger charge is -2.17. The third kappa shape index (κ3) is 5.26. The van der Waals surface area contributed by atoms with Crippen molar-refractivity contribution in [1.29, 1.82) is 0 Å². The molecular weight excluding hydrogens is 262 g/mol. The van der Waals surface area contributed by atoms with Crippen LogP contribution >= 0.6 is 0 Å². The number of amides is 1. The molecule has 0 radical (unpaired) electrons. The van der Waals surface area contributed by atoms with Crippen molar-refractivity contribution in [1.82, 2.24) is 9.88 Å². The topological polar surface area (TPSA) is 45.2 Å². The van der Waals surface area contributed by atoms with Crippen molar-refractivity contribution in [2.24, 2.45) is 0 Å². The summed E-state index contributed by atoms with van der Waals surface area (Å²) in [4.78, 5) is 17.8. The number of para-hydroxylation sites is 1. The Kier molecular flexibility index (Phi) is 5.76. The Bertz CT molecular complexity index is 542. The first-order chi connectivity index (χ1) is 10.3. The Morgan fingerprint density at radius 2 is 1.86 bits per heavy atom. The van der Waals surface area contributed by atoms with E-state index in [1.165, 1.54) is 5.56 Å². The van der Waals surface area contributed by atoms with Gasteiger partial charge in [-0.05, 0) is 36.2 Å². The van der Waals surface area contributed by atoms with Crippen LogP contribution in [0.2, 0.25) is 0 Å². The molecule has 0 aliphatic rings. The monoisotopic (exact) mass is 283 g/mol. The van der Waals surface area contributed by atoms with Gasteiger partial charge in [0.2, 0.25) is 5.91 Å². The van der Waals surface area contributed by atoms with Crippen LogP contribution in [0, 0.1) is 0 Å². The van der Waals surface area contributed by atoms with Crippen molar-refractivity contribution in [3.63, 3.8) is 0 Å². The first-order valence-electron chi connectivity index (χ1n) is 7.17. The van der Waals surface area contributed by atoms with E-state index in [9.17, 15) is 4.79 Å². The third-order valence-corrected chi connectivity index (χ3v) is 3.35. The van der Waals surface area contributed by atoms with E-state index in [0.717, 1.165) is 18.7 Å². The molecule has 0 spiro atoms. The van der Waals surface area contributed by atoms with Crippen molar-refractivity contribution in [2.45, 2.75) is 12.8 Å². The smallest absolute Gasteiger partial charge is 0.224 e. The highest BCUT2D eigenvalue weighted by molar-refractivity contribution is 5.76. The third-order valence-electron chi connectivity index (χ3n) is 3.35. The van der Waals surface area contributed by atoms with Gasteiger partial charge >= 0.3 is 0 Å². The van der Waals surface area contributed by atoms with E-state index >= 15 is 0 Å². The van der Waals surface area contributed by atoms with Crippen molar-refractivity contribution in [3.05, 3.63) is 60.4 Å². The second-order valence-electron chi connectivity index (χ2n) is 4.96. The number of anilines is 1. The van der Waals surface area contributed by atoms with E-state index in [1.807, 2.05) is 49.5 Å². The highest BCUT2D eigenvalue weighted by Crippen LogP contribution is 2.05. The van der Waals surface area contributed by atoms with Crippen LogP contribution in [0.1, 0.15) is 12.0 Å². The maximum absolute atomic E-state index is 12.0. The standard InChI is InChI=1S/C17H21N3O/c1-20(14-10-15-7-11-18-12-8-15)17(21)9-13-19-16-5-3-2-4-6-16/h2-8,11-12,19H,9-10,13-14H2,1H3. The lowest BCUT2D eigenvalue weighted by atomic mass is 10.2. The zero-order valence-electron chi connectivity index (χ0n) is 12.3. The van der Waals surface area contributed by atoms with Gasteiger partial charge in [0.15, 0.2) is 0 Å². The van der Waals surface area contributed by atoms with E-state index in [0.29, 0.717) is 13.0 Å². The van der Waals surface area contributed by atoms with Gasteiger partial charge in [-0.2, -0.15) is 0 Å². The van der Waals surface area contributed by atoms with Crippen LogP contribution in [0.3, 0.4) is 0 Å². The number of likely N-dealkylation sites (N-methyl/N-ethyl adjacent to an activating group) is 1. The average Bonchev–Trinajstić information content (AvgIpc) is 2.54. The summed E-state index contributed by atoms with van der Waals surface area (Å²) in [6.45, 7) is 1.39. The summed E-state index contributed by atoms with van der Waals surface area (Å²) in [5.41, 5.74) is 2.25. The van der Waals surface area contributed by atoms with Gasteiger partial charge in [-0.3, -0.25) is 9.78 Å². The van der Waals surface area contributed by atoms with E-state index in [2.05, 4.69) is 10.3 Å². The van der Waals surface area contributed by atoms with Crippen LogP contribution in [0.15, 0.2) is 54.9 Å². The molecule has 1 N–H and O–H groups in total. The van der Waals surface area contributed by atoms with Gasteiger partial charge in [-0.15, -0.1) is 0 Å². The first-order valence-corrected chi connectivity index (χ1v) is 7.17. The quantitative estimate of drug-likeness (QED) is 0.849. The van der Waals surface area contributed by atoms with Gasteiger partial charge in [0.1, 0.15) is 0 Å². The molecule has 21 heavy (non-hydrogen) atoms. The molecule has 0 unspecified atom stereocenters. The van der Waals surface area contributed by atoms with E-state index < -0.39 is 0 Å². The molecule has 0 fully saturated rings. The predicted octanol–water partition coefficient (Wildman–Crippen LogP) is 2.58. The van der Waals surface area contributed by atoms with Crippen LogP contribution in [0.5, 0.6) is 0 Å². The molecule has 1 heterocycles. The number of hydrogen-bond donors (Lipinski definition) is 1. The molecule has 1 aromatic carbocycles. The highest BCUT2D eigenvalue weighted by Gasteiger charge is 2.08. The van der Waals surface area contributed by atoms with Gasteiger partial charge in [0.05, 0.1) is 0 Å². The van der Waals surface area contributed by atoms with E-state index in [-0.39, 0.29) is 5.91 Å².